The van der Waals surface area contributed by atoms with Gasteiger partial charge in [0.15, 0.2) is 5.65 Å². The molecule has 0 amide bonds. The standard InChI is InChI=1S/C15H17N3O2/c19-15(20)10-7-12-14(16-8-10)18(11-5-6-11)13(17-12)9-3-1-2-4-9/h7-9,11H,1-6H2,(H,19,20). The fourth-order valence-electron chi connectivity index (χ4n) is 3.28. The first-order valence-electron chi connectivity index (χ1n) is 7.35. The molecule has 0 unspecified atom stereocenters. The Labute approximate surface area is 116 Å². The lowest BCUT2D eigenvalue weighted by Crippen LogP contribution is -2.06. The van der Waals surface area contributed by atoms with Crippen LogP contribution in [0.3, 0.4) is 0 Å². The summed E-state index contributed by atoms with van der Waals surface area (Å²) in [7, 11) is 0. The van der Waals surface area contributed by atoms with Gasteiger partial charge in [0.1, 0.15) is 11.3 Å². The largest absolute Gasteiger partial charge is 0.478 e. The normalized spacial score (nSPS) is 19.8. The highest BCUT2D eigenvalue weighted by molar-refractivity contribution is 5.90. The number of hydrogen-bond donors (Lipinski definition) is 1. The number of rotatable bonds is 3. The lowest BCUT2D eigenvalue weighted by Gasteiger charge is -2.11. The summed E-state index contributed by atoms with van der Waals surface area (Å²) in [6.45, 7) is 0. The van der Waals surface area contributed by atoms with Crippen LogP contribution in [0, 0.1) is 0 Å². The molecule has 0 aliphatic heterocycles. The van der Waals surface area contributed by atoms with Gasteiger partial charge in [-0.3, -0.25) is 0 Å². The number of carboxylic acids is 1. The summed E-state index contributed by atoms with van der Waals surface area (Å²) < 4.78 is 2.27. The van der Waals surface area contributed by atoms with Gasteiger partial charge in [-0.25, -0.2) is 14.8 Å². The Balaban J connectivity index is 1.88. The third-order valence-electron chi connectivity index (χ3n) is 4.44. The molecule has 104 valence electrons. The minimum absolute atomic E-state index is 0.218. The van der Waals surface area contributed by atoms with Crippen molar-refractivity contribution in [1.29, 1.82) is 0 Å². The molecule has 0 bridgehead atoms. The van der Waals surface area contributed by atoms with Crippen LogP contribution < -0.4 is 0 Å². The van der Waals surface area contributed by atoms with E-state index in [1.807, 2.05) is 0 Å². The smallest absolute Gasteiger partial charge is 0.337 e. The van der Waals surface area contributed by atoms with Crippen LogP contribution >= 0.6 is 0 Å². The number of carboxylic acid groups (broad SMARTS) is 1. The molecule has 2 saturated carbocycles. The summed E-state index contributed by atoms with van der Waals surface area (Å²) in [5.74, 6) is 0.718. The van der Waals surface area contributed by atoms with E-state index in [0.29, 0.717) is 12.0 Å². The maximum atomic E-state index is 11.1. The monoisotopic (exact) mass is 271 g/mol. The number of aromatic carboxylic acids is 1. The number of fused-ring (bicyclic) bond motifs is 1. The summed E-state index contributed by atoms with van der Waals surface area (Å²) >= 11 is 0. The van der Waals surface area contributed by atoms with Crippen molar-refractivity contribution in [3.05, 3.63) is 23.7 Å². The van der Waals surface area contributed by atoms with Crippen molar-refractivity contribution in [3.8, 4) is 0 Å². The minimum atomic E-state index is -0.942. The highest BCUT2D eigenvalue weighted by atomic mass is 16.4. The summed E-state index contributed by atoms with van der Waals surface area (Å²) in [5.41, 5.74) is 1.81. The van der Waals surface area contributed by atoms with Crippen molar-refractivity contribution < 1.29 is 9.90 Å². The second-order valence-corrected chi connectivity index (χ2v) is 5.92. The van der Waals surface area contributed by atoms with Crippen molar-refractivity contribution in [1.82, 2.24) is 14.5 Å². The zero-order valence-corrected chi connectivity index (χ0v) is 11.2. The summed E-state index contributed by atoms with van der Waals surface area (Å²) in [6.07, 6.45) is 8.76. The Hall–Kier alpha value is -1.91. The zero-order chi connectivity index (χ0) is 13.7. The van der Waals surface area contributed by atoms with Crippen molar-refractivity contribution in [2.75, 3.05) is 0 Å². The summed E-state index contributed by atoms with van der Waals surface area (Å²) in [4.78, 5) is 20.2. The molecular weight excluding hydrogens is 254 g/mol. The van der Waals surface area contributed by atoms with Gasteiger partial charge in [0.2, 0.25) is 0 Å². The van der Waals surface area contributed by atoms with Gasteiger partial charge < -0.3 is 9.67 Å². The molecule has 20 heavy (non-hydrogen) atoms. The van der Waals surface area contributed by atoms with Gasteiger partial charge >= 0.3 is 5.97 Å². The first-order valence-corrected chi connectivity index (χ1v) is 7.35. The van der Waals surface area contributed by atoms with Gasteiger partial charge in [-0.1, -0.05) is 12.8 Å². The topological polar surface area (TPSA) is 68.0 Å². The molecule has 2 aliphatic carbocycles. The Kier molecular flexibility index (Phi) is 2.55. The molecule has 0 atom stereocenters. The minimum Gasteiger partial charge on any atom is -0.478 e. The average Bonchev–Trinajstić information content (AvgIpc) is 3.01. The fourth-order valence-corrected chi connectivity index (χ4v) is 3.28. The van der Waals surface area contributed by atoms with Gasteiger partial charge in [0, 0.05) is 18.2 Å². The zero-order valence-electron chi connectivity index (χ0n) is 11.2. The second-order valence-electron chi connectivity index (χ2n) is 5.92. The molecule has 2 aromatic heterocycles. The number of imidazole rings is 1. The van der Waals surface area contributed by atoms with Crippen LogP contribution in [-0.2, 0) is 0 Å². The lowest BCUT2D eigenvalue weighted by atomic mass is 10.1. The molecule has 0 spiro atoms. The van der Waals surface area contributed by atoms with E-state index in [-0.39, 0.29) is 5.56 Å². The average molecular weight is 271 g/mol. The maximum absolute atomic E-state index is 11.1. The molecule has 1 N–H and O–H groups in total. The predicted molar refractivity (Wildman–Crippen MR) is 74.0 cm³/mol. The van der Waals surface area contributed by atoms with E-state index in [9.17, 15) is 4.79 Å². The number of carbonyl (C=O) groups is 1. The number of hydrogen-bond acceptors (Lipinski definition) is 3. The highest BCUT2D eigenvalue weighted by Gasteiger charge is 2.32. The van der Waals surface area contributed by atoms with Crippen LogP contribution in [0.1, 0.15) is 66.7 Å². The van der Waals surface area contributed by atoms with Crippen molar-refractivity contribution in [2.45, 2.75) is 50.5 Å². The Morgan fingerprint density at radius 1 is 1.25 bits per heavy atom. The fraction of sp³-hybridized carbons (Fsp3) is 0.533. The number of nitrogens with zero attached hydrogens (tertiary/aromatic N) is 3. The molecule has 2 fully saturated rings. The van der Waals surface area contributed by atoms with Crippen LogP contribution in [0.15, 0.2) is 12.3 Å². The van der Waals surface area contributed by atoms with Crippen LogP contribution in [0.4, 0.5) is 0 Å². The van der Waals surface area contributed by atoms with Crippen molar-refractivity contribution in [2.24, 2.45) is 0 Å². The first kappa shape index (κ1) is 11.9. The van der Waals surface area contributed by atoms with E-state index in [2.05, 4.69) is 9.55 Å². The Morgan fingerprint density at radius 2 is 2.00 bits per heavy atom. The molecule has 0 aromatic carbocycles. The maximum Gasteiger partial charge on any atom is 0.337 e. The Bertz CT molecular complexity index is 682. The third kappa shape index (κ3) is 1.80. The van der Waals surface area contributed by atoms with Crippen LogP contribution in [-0.4, -0.2) is 25.6 Å². The van der Waals surface area contributed by atoms with E-state index < -0.39 is 5.97 Å². The number of aromatic nitrogens is 3. The number of pyridine rings is 1. The van der Waals surface area contributed by atoms with E-state index in [0.717, 1.165) is 17.0 Å². The van der Waals surface area contributed by atoms with Gasteiger partial charge in [-0.2, -0.15) is 0 Å². The Morgan fingerprint density at radius 3 is 2.65 bits per heavy atom. The van der Waals surface area contributed by atoms with E-state index in [1.165, 1.54) is 44.7 Å². The summed E-state index contributed by atoms with van der Waals surface area (Å²) in [6, 6.07) is 2.18. The SMILES string of the molecule is O=C(O)c1cnc2c(c1)nc(C1CCCC1)n2C1CC1. The lowest BCUT2D eigenvalue weighted by molar-refractivity contribution is 0.0696. The quantitative estimate of drug-likeness (QED) is 0.931. The molecule has 5 nitrogen and oxygen atoms in total. The molecule has 2 aromatic rings. The third-order valence-corrected chi connectivity index (χ3v) is 4.44. The molecular formula is C15H17N3O2. The van der Waals surface area contributed by atoms with Gasteiger partial charge in [-0.05, 0) is 31.7 Å². The van der Waals surface area contributed by atoms with E-state index in [1.54, 1.807) is 6.07 Å². The van der Waals surface area contributed by atoms with E-state index >= 15 is 0 Å². The molecule has 0 saturated heterocycles. The van der Waals surface area contributed by atoms with Gasteiger partial charge in [0.05, 0.1) is 5.56 Å². The molecule has 0 radical (unpaired) electrons. The first-order chi connectivity index (χ1) is 9.74. The van der Waals surface area contributed by atoms with E-state index in [4.69, 9.17) is 10.1 Å². The van der Waals surface area contributed by atoms with Crippen LogP contribution in [0.2, 0.25) is 0 Å². The molecule has 5 heteroatoms. The van der Waals surface area contributed by atoms with Crippen molar-refractivity contribution >= 4 is 17.1 Å². The van der Waals surface area contributed by atoms with Crippen LogP contribution in [0.5, 0.6) is 0 Å². The predicted octanol–water partition coefficient (Wildman–Crippen LogP) is 3.12. The highest BCUT2D eigenvalue weighted by Crippen LogP contribution is 2.43. The van der Waals surface area contributed by atoms with Gasteiger partial charge in [-0.15, -0.1) is 0 Å². The molecule has 2 aliphatic rings. The summed E-state index contributed by atoms with van der Waals surface area (Å²) in [5, 5.41) is 9.08. The molecule has 4 rings (SSSR count). The van der Waals surface area contributed by atoms with Crippen LogP contribution in [0.25, 0.3) is 11.2 Å². The molecule has 2 heterocycles. The van der Waals surface area contributed by atoms with Crippen molar-refractivity contribution in [3.63, 3.8) is 0 Å². The second kappa shape index (κ2) is 4.30. The van der Waals surface area contributed by atoms with Gasteiger partial charge in [0.25, 0.3) is 0 Å².